The van der Waals surface area contributed by atoms with Gasteiger partial charge >= 0.3 is 0 Å². The maximum atomic E-state index is 3.75. The SMILES string of the molecule is CC1CNC(Cc2ccccc2)CN1C(C)C1CCCC1. The maximum Gasteiger partial charge on any atom is 0.0236 e. The summed E-state index contributed by atoms with van der Waals surface area (Å²) >= 11 is 0. The standard InChI is InChI=1S/C19H30N2/c1-15-13-20-19(12-17-8-4-3-5-9-17)14-21(15)16(2)18-10-6-7-11-18/h3-5,8-9,15-16,18-20H,6-7,10-14H2,1-2H3. The van der Waals surface area contributed by atoms with Gasteiger partial charge in [-0.15, -0.1) is 0 Å². The largest absolute Gasteiger partial charge is 0.311 e. The summed E-state index contributed by atoms with van der Waals surface area (Å²) < 4.78 is 0. The van der Waals surface area contributed by atoms with Gasteiger partial charge in [0.1, 0.15) is 0 Å². The predicted octanol–water partition coefficient (Wildman–Crippen LogP) is 3.47. The molecule has 3 atom stereocenters. The zero-order valence-corrected chi connectivity index (χ0v) is 13.6. The molecule has 2 heteroatoms. The van der Waals surface area contributed by atoms with E-state index in [1.54, 1.807) is 0 Å². The highest BCUT2D eigenvalue weighted by Gasteiger charge is 2.33. The molecule has 3 unspecified atom stereocenters. The highest BCUT2D eigenvalue weighted by Crippen LogP contribution is 2.31. The fourth-order valence-electron chi connectivity index (χ4n) is 4.27. The van der Waals surface area contributed by atoms with Crippen LogP contribution in [-0.4, -0.2) is 36.1 Å². The van der Waals surface area contributed by atoms with Crippen molar-refractivity contribution in [2.75, 3.05) is 13.1 Å². The number of benzene rings is 1. The van der Waals surface area contributed by atoms with Crippen molar-refractivity contribution in [3.05, 3.63) is 35.9 Å². The molecule has 2 nitrogen and oxygen atoms in total. The second-order valence-electron chi connectivity index (χ2n) is 7.13. The lowest BCUT2D eigenvalue weighted by molar-refractivity contribution is 0.0691. The normalized spacial score (nSPS) is 29.6. The van der Waals surface area contributed by atoms with Crippen molar-refractivity contribution in [2.24, 2.45) is 5.92 Å². The van der Waals surface area contributed by atoms with Crippen molar-refractivity contribution in [1.29, 1.82) is 0 Å². The van der Waals surface area contributed by atoms with Crippen molar-refractivity contribution < 1.29 is 0 Å². The third-order valence-corrected chi connectivity index (χ3v) is 5.63. The van der Waals surface area contributed by atoms with Crippen molar-refractivity contribution in [3.8, 4) is 0 Å². The maximum absolute atomic E-state index is 3.75. The van der Waals surface area contributed by atoms with Crippen molar-refractivity contribution in [1.82, 2.24) is 10.2 Å². The van der Waals surface area contributed by atoms with E-state index in [9.17, 15) is 0 Å². The molecular formula is C19H30N2. The van der Waals surface area contributed by atoms with Gasteiger partial charge in [-0.2, -0.15) is 0 Å². The first-order valence-corrected chi connectivity index (χ1v) is 8.77. The summed E-state index contributed by atoms with van der Waals surface area (Å²) in [4.78, 5) is 2.78. The predicted molar refractivity (Wildman–Crippen MR) is 89.5 cm³/mol. The quantitative estimate of drug-likeness (QED) is 0.912. The van der Waals surface area contributed by atoms with Crippen molar-refractivity contribution in [2.45, 2.75) is 64.1 Å². The van der Waals surface area contributed by atoms with Gasteiger partial charge in [-0.25, -0.2) is 0 Å². The number of hydrogen-bond donors (Lipinski definition) is 1. The van der Waals surface area contributed by atoms with Gasteiger partial charge in [0.15, 0.2) is 0 Å². The summed E-state index contributed by atoms with van der Waals surface area (Å²) in [7, 11) is 0. The van der Waals surface area contributed by atoms with E-state index in [1.807, 2.05) is 0 Å². The molecule has 1 aromatic rings. The Hall–Kier alpha value is -0.860. The molecular weight excluding hydrogens is 256 g/mol. The summed E-state index contributed by atoms with van der Waals surface area (Å²) in [6, 6.07) is 12.9. The minimum Gasteiger partial charge on any atom is -0.311 e. The fraction of sp³-hybridized carbons (Fsp3) is 0.684. The van der Waals surface area contributed by atoms with Crippen LogP contribution in [0.5, 0.6) is 0 Å². The van der Waals surface area contributed by atoms with E-state index in [-0.39, 0.29) is 0 Å². The third-order valence-electron chi connectivity index (χ3n) is 5.63. The van der Waals surface area contributed by atoms with Crippen LogP contribution in [-0.2, 0) is 6.42 Å². The Morgan fingerprint density at radius 1 is 1.19 bits per heavy atom. The molecule has 0 radical (unpaired) electrons. The van der Waals surface area contributed by atoms with Crippen LogP contribution in [0.3, 0.4) is 0 Å². The average molecular weight is 286 g/mol. The Morgan fingerprint density at radius 2 is 1.90 bits per heavy atom. The van der Waals surface area contributed by atoms with Crippen LogP contribution in [0.2, 0.25) is 0 Å². The van der Waals surface area contributed by atoms with Gasteiger partial charge < -0.3 is 5.32 Å². The monoisotopic (exact) mass is 286 g/mol. The molecule has 1 heterocycles. The molecule has 2 aliphatic rings. The minimum atomic E-state index is 0.604. The summed E-state index contributed by atoms with van der Waals surface area (Å²) in [6.45, 7) is 7.19. The molecule has 0 spiro atoms. The van der Waals surface area contributed by atoms with Crippen LogP contribution >= 0.6 is 0 Å². The van der Waals surface area contributed by atoms with Crippen LogP contribution in [0.15, 0.2) is 30.3 Å². The number of hydrogen-bond acceptors (Lipinski definition) is 2. The molecule has 21 heavy (non-hydrogen) atoms. The first-order chi connectivity index (χ1) is 10.2. The number of rotatable bonds is 4. The molecule has 1 saturated carbocycles. The molecule has 116 valence electrons. The first kappa shape index (κ1) is 15.1. The Kier molecular flexibility index (Phi) is 4.97. The van der Waals surface area contributed by atoms with Gasteiger partial charge in [0.05, 0.1) is 0 Å². The lowest BCUT2D eigenvalue weighted by atomic mass is 9.94. The molecule has 0 aromatic heterocycles. The van der Waals surface area contributed by atoms with Crippen LogP contribution in [0, 0.1) is 5.92 Å². The first-order valence-electron chi connectivity index (χ1n) is 8.77. The zero-order valence-electron chi connectivity index (χ0n) is 13.6. The average Bonchev–Trinajstić information content (AvgIpc) is 3.04. The third kappa shape index (κ3) is 3.67. The van der Waals surface area contributed by atoms with Crippen LogP contribution in [0.4, 0.5) is 0 Å². The van der Waals surface area contributed by atoms with Gasteiger partial charge in [0.2, 0.25) is 0 Å². The molecule has 1 N–H and O–H groups in total. The van der Waals surface area contributed by atoms with E-state index in [0.717, 1.165) is 24.9 Å². The summed E-state index contributed by atoms with van der Waals surface area (Å²) in [5, 5.41) is 3.75. The smallest absolute Gasteiger partial charge is 0.0236 e. The second kappa shape index (κ2) is 6.93. The van der Waals surface area contributed by atoms with E-state index in [4.69, 9.17) is 0 Å². The van der Waals surface area contributed by atoms with E-state index >= 15 is 0 Å². The Labute approximate surface area is 129 Å². The summed E-state index contributed by atoms with van der Waals surface area (Å²) in [6.07, 6.45) is 6.94. The number of piperazine rings is 1. The lowest BCUT2D eigenvalue weighted by Gasteiger charge is -2.44. The minimum absolute atomic E-state index is 0.604. The Morgan fingerprint density at radius 3 is 2.62 bits per heavy atom. The van der Waals surface area contributed by atoms with Crippen LogP contribution in [0.1, 0.15) is 45.1 Å². The van der Waals surface area contributed by atoms with Crippen LogP contribution < -0.4 is 5.32 Å². The lowest BCUT2D eigenvalue weighted by Crippen LogP contribution is -2.59. The summed E-state index contributed by atoms with van der Waals surface area (Å²) in [5.74, 6) is 0.933. The molecule has 1 aromatic carbocycles. The van der Waals surface area contributed by atoms with Crippen LogP contribution in [0.25, 0.3) is 0 Å². The molecule has 1 saturated heterocycles. The van der Waals surface area contributed by atoms with Gasteiger partial charge in [-0.3, -0.25) is 4.90 Å². The van der Waals surface area contributed by atoms with E-state index < -0.39 is 0 Å². The van der Waals surface area contributed by atoms with Gasteiger partial charge in [0, 0.05) is 31.2 Å². The summed E-state index contributed by atoms with van der Waals surface area (Å²) in [5.41, 5.74) is 1.46. The molecule has 3 rings (SSSR count). The van der Waals surface area contributed by atoms with E-state index in [2.05, 4.69) is 54.4 Å². The van der Waals surface area contributed by atoms with Crippen molar-refractivity contribution >= 4 is 0 Å². The molecule has 0 amide bonds. The number of nitrogens with one attached hydrogen (secondary N) is 1. The Balaban J connectivity index is 1.61. The second-order valence-corrected chi connectivity index (χ2v) is 7.13. The Bertz CT molecular complexity index is 424. The van der Waals surface area contributed by atoms with E-state index in [0.29, 0.717) is 12.1 Å². The zero-order chi connectivity index (χ0) is 14.7. The van der Waals surface area contributed by atoms with Gasteiger partial charge in [-0.05, 0) is 44.6 Å². The number of nitrogens with zero attached hydrogens (tertiary/aromatic N) is 1. The molecule has 0 bridgehead atoms. The van der Waals surface area contributed by atoms with Gasteiger partial charge in [-0.1, -0.05) is 43.2 Å². The fourth-order valence-corrected chi connectivity index (χ4v) is 4.27. The highest BCUT2D eigenvalue weighted by atomic mass is 15.2. The van der Waals surface area contributed by atoms with Crippen molar-refractivity contribution in [3.63, 3.8) is 0 Å². The molecule has 2 fully saturated rings. The highest BCUT2D eigenvalue weighted by molar-refractivity contribution is 5.16. The topological polar surface area (TPSA) is 15.3 Å². The molecule has 1 aliphatic heterocycles. The van der Waals surface area contributed by atoms with E-state index in [1.165, 1.54) is 37.8 Å². The van der Waals surface area contributed by atoms with Gasteiger partial charge in [0.25, 0.3) is 0 Å². The molecule has 1 aliphatic carbocycles.